The molecule has 0 saturated carbocycles. The third kappa shape index (κ3) is 2.93. The van der Waals surface area contributed by atoms with Crippen molar-refractivity contribution in [3.8, 4) is 11.5 Å². The van der Waals surface area contributed by atoms with E-state index in [1.807, 2.05) is 24.3 Å². The van der Waals surface area contributed by atoms with Gasteiger partial charge in [0.25, 0.3) is 0 Å². The molecule has 2 atom stereocenters. The zero-order valence-electron chi connectivity index (χ0n) is 10.9. The van der Waals surface area contributed by atoms with E-state index >= 15 is 0 Å². The number of hydrogen-bond acceptors (Lipinski definition) is 5. The van der Waals surface area contributed by atoms with E-state index in [2.05, 4.69) is 22.4 Å². The van der Waals surface area contributed by atoms with Gasteiger partial charge in [-0.05, 0) is 44.0 Å². The molecule has 0 aliphatic carbocycles. The summed E-state index contributed by atoms with van der Waals surface area (Å²) in [7, 11) is 0. The molecule has 100 valence electrons. The predicted octanol–water partition coefficient (Wildman–Crippen LogP) is 2.72. The third-order valence-corrected chi connectivity index (χ3v) is 3.35. The van der Waals surface area contributed by atoms with Crippen LogP contribution in [0.5, 0.6) is 0 Å². The van der Waals surface area contributed by atoms with Gasteiger partial charge >= 0.3 is 0 Å². The highest BCUT2D eigenvalue weighted by Crippen LogP contribution is 2.22. The molecule has 1 aromatic heterocycles. The summed E-state index contributed by atoms with van der Waals surface area (Å²) in [6, 6.07) is 8.54. The van der Waals surface area contributed by atoms with E-state index in [1.165, 1.54) is 6.39 Å². The highest BCUT2D eigenvalue weighted by molar-refractivity contribution is 5.58. The lowest BCUT2D eigenvalue weighted by Crippen LogP contribution is -2.32. The van der Waals surface area contributed by atoms with Crippen molar-refractivity contribution in [3.05, 3.63) is 30.7 Å². The summed E-state index contributed by atoms with van der Waals surface area (Å²) in [6.07, 6.45) is 3.77. The summed E-state index contributed by atoms with van der Waals surface area (Å²) < 4.78 is 10.7. The normalized spacial score (nSPS) is 23.2. The van der Waals surface area contributed by atoms with E-state index in [0.29, 0.717) is 18.0 Å². The number of nitrogens with one attached hydrogen (secondary N) is 1. The van der Waals surface area contributed by atoms with Gasteiger partial charge in [-0.25, -0.2) is 0 Å². The van der Waals surface area contributed by atoms with Crippen molar-refractivity contribution >= 4 is 5.69 Å². The first-order valence-electron chi connectivity index (χ1n) is 6.56. The minimum absolute atomic E-state index is 0.337. The van der Waals surface area contributed by atoms with Crippen LogP contribution >= 0.6 is 0 Å². The average Bonchev–Trinajstić information content (AvgIpc) is 2.94. The molecule has 5 nitrogen and oxygen atoms in total. The lowest BCUT2D eigenvalue weighted by atomic mass is 10.0. The van der Waals surface area contributed by atoms with Crippen LogP contribution < -0.4 is 5.32 Å². The number of hydrogen-bond donors (Lipinski definition) is 1. The Morgan fingerprint density at radius 1 is 1.26 bits per heavy atom. The Morgan fingerprint density at radius 2 is 2.11 bits per heavy atom. The summed E-state index contributed by atoms with van der Waals surface area (Å²) >= 11 is 0. The number of ether oxygens (including phenoxy) is 1. The van der Waals surface area contributed by atoms with Crippen LogP contribution in [0.4, 0.5) is 5.69 Å². The molecular formula is C14H17N3O2. The van der Waals surface area contributed by atoms with Crippen molar-refractivity contribution in [1.29, 1.82) is 0 Å². The second-order valence-electron chi connectivity index (χ2n) is 4.87. The predicted molar refractivity (Wildman–Crippen MR) is 71.8 cm³/mol. The lowest BCUT2D eigenvalue weighted by Gasteiger charge is -2.28. The Morgan fingerprint density at radius 3 is 2.79 bits per heavy atom. The molecule has 1 aliphatic heterocycles. The molecule has 5 heteroatoms. The van der Waals surface area contributed by atoms with Gasteiger partial charge in [0.1, 0.15) is 0 Å². The van der Waals surface area contributed by atoms with Crippen molar-refractivity contribution in [2.24, 2.45) is 0 Å². The number of aromatic nitrogens is 2. The first kappa shape index (κ1) is 12.2. The minimum Gasteiger partial charge on any atom is -0.423 e. The van der Waals surface area contributed by atoms with Crippen LogP contribution in [0.1, 0.15) is 19.8 Å². The molecule has 0 bridgehead atoms. The Balaban J connectivity index is 1.66. The topological polar surface area (TPSA) is 60.2 Å². The fourth-order valence-corrected chi connectivity index (χ4v) is 2.37. The minimum atomic E-state index is 0.337. The lowest BCUT2D eigenvalue weighted by molar-refractivity contribution is 0.0232. The van der Waals surface area contributed by atoms with Gasteiger partial charge in [-0.1, -0.05) is 0 Å². The van der Waals surface area contributed by atoms with Gasteiger partial charge in [-0.2, -0.15) is 0 Å². The average molecular weight is 259 g/mol. The zero-order valence-corrected chi connectivity index (χ0v) is 10.9. The molecule has 1 N–H and O–H groups in total. The Hall–Kier alpha value is -1.88. The van der Waals surface area contributed by atoms with Crippen molar-refractivity contribution in [2.75, 3.05) is 11.9 Å². The molecule has 2 unspecified atom stereocenters. The van der Waals surface area contributed by atoms with Gasteiger partial charge in [-0.3, -0.25) is 0 Å². The molecule has 2 aromatic rings. The molecule has 1 aromatic carbocycles. The van der Waals surface area contributed by atoms with Crippen molar-refractivity contribution < 1.29 is 9.15 Å². The van der Waals surface area contributed by atoms with E-state index in [9.17, 15) is 0 Å². The van der Waals surface area contributed by atoms with Crippen LogP contribution in [0.25, 0.3) is 11.5 Å². The van der Waals surface area contributed by atoms with Crippen LogP contribution in [0.15, 0.2) is 35.1 Å². The third-order valence-electron chi connectivity index (χ3n) is 3.35. The second-order valence-corrected chi connectivity index (χ2v) is 4.87. The summed E-state index contributed by atoms with van der Waals surface area (Å²) in [5.41, 5.74) is 2.05. The highest BCUT2D eigenvalue weighted by Gasteiger charge is 2.18. The van der Waals surface area contributed by atoms with Gasteiger partial charge in [0.05, 0.1) is 6.10 Å². The number of benzene rings is 1. The molecule has 2 heterocycles. The first-order chi connectivity index (χ1) is 9.31. The molecule has 1 fully saturated rings. The van der Waals surface area contributed by atoms with E-state index in [1.54, 1.807) is 0 Å². The molecule has 19 heavy (non-hydrogen) atoms. The quantitative estimate of drug-likeness (QED) is 0.918. The highest BCUT2D eigenvalue weighted by atomic mass is 16.5. The first-order valence-corrected chi connectivity index (χ1v) is 6.56. The van der Waals surface area contributed by atoms with E-state index in [-0.39, 0.29) is 0 Å². The van der Waals surface area contributed by atoms with Gasteiger partial charge < -0.3 is 14.5 Å². The molecule has 0 radical (unpaired) electrons. The summed E-state index contributed by atoms with van der Waals surface area (Å²) in [5, 5.41) is 11.1. The van der Waals surface area contributed by atoms with Crippen LogP contribution in [-0.2, 0) is 4.74 Å². The smallest absolute Gasteiger partial charge is 0.247 e. The fourth-order valence-electron chi connectivity index (χ4n) is 2.37. The van der Waals surface area contributed by atoms with Gasteiger partial charge in [0, 0.05) is 23.9 Å². The Kier molecular flexibility index (Phi) is 3.46. The van der Waals surface area contributed by atoms with Crippen molar-refractivity contribution in [2.45, 2.75) is 31.9 Å². The van der Waals surface area contributed by atoms with Crippen LogP contribution in [0, 0.1) is 0 Å². The second kappa shape index (κ2) is 5.40. The summed E-state index contributed by atoms with van der Waals surface area (Å²) in [4.78, 5) is 0. The van der Waals surface area contributed by atoms with Gasteiger partial charge in [0.15, 0.2) is 0 Å². The Labute approximate surface area is 112 Å². The van der Waals surface area contributed by atoms with Crippen LogP contribution in [0.3, 0.4) is 0 Å². The molecule has 1 aliphatic rings. The number of rotatable bonds is 3. The fraction of sp³-hybridized carbons (Fsp3) is 0.429. The number of anilines is 1. The van der Waals surface area contributed by atoms with Crippen LogP contribution in [0.2, 0.25) is 0 Å². The maximum atomic E-state index is 5.55. The standard InChI is InChI=1S/C14H17N3O2/c1-10-8-13(6-7-18-10)16-12-4-2-11(3-5-12)14-17-15-9-19-14/h2-5,9-10,13,16H,6-8H2,1H3. The zero-order chi connectivity index (χ0) is 13.1. The summed E-state index contributed by atoms with van der Waals surface area (Å²) in [5.74, 6) is 0.547. The molecule has 3 rings (SSSR count). The van der Waals surface area contributed by atoms with Crippen molar-refractivity contribution in [3.63, 3.8) is 0 Å². The molecule has 1 saturated heterocycles. The number of nitrogens with zero attached hydrogens (tertiary/aromatic N) is 2. The van der Waals surface area contributed by atoms with E-state index in [4.69, 9.17) is 9.15 Å². The molecule has 0 amide bonds. The van der Waals surface area contributed by atoms with Crippen LogP contribution in [-0.4, -0.2) is 29.0 Å². The maximum absolute atomic E-state index is 5.55. The van der Waals surface area contributed by atoms with Gasteiger partial charge in [0.2, 0.25) is 12.3 Å². The molecular weight excluding hydrogens is 242 g/mol. The van der Waals surface area contributed by atoms with Gasteiger partial charge in [-0.15, -0.1) is 10.2 Å². The van der Waals surface area contributed by atoms with Crippen molar-refractivity contribution in [1.82, 2.24) is 10.2 Å². The molecule has 0 spiro atoms. The van der Waals surface area contributed by atoms with E-state index in [0.717, 1.165) is 30.7 Å². The van der Waals surface area contributed by atoms with E-state index < -0.39 is 0 Å². The SMILES string of the molecule is CC1CC(Nc2ccc(-c3nnco3)cc2)CCO1. The maximum Gasteiger partial charge on any atom is 0.247 e. The Bertz CT molecular complexity index is 510. The summed E-state index contributed by atoms with van der Waals surface area (Å²) in [6.45, 7) is 2.95. The monoisotopic (exact) mass is 259 g/mol. The largest absolute Gasteiger partial charge is 0.423 e.